The maximum absolute atomic E-state index is 12.1. The van der Waals surface area contributed by atoms with Gasteiger partial charge in [-0.15, -0.1) is 0 Å². The molecule has 8 heteroatoms. The second-order valence-corrected chi connectivity index (χ2v) is 5.24. The summed E-state index contributed by atoms with van der Waals surface area (Å²) in [7, 11) is 3.29. The summed E-state index contributed by atoms with van der Waals surface area (Å²) < 4.78 is 1.54. The van der Waals surface area contributed by atoms with E-state index in [0.717, 1.165) is 6.42 Å². The van der Waals surface area contributed by atoms with Gasteiger partial charge < -0.3 is 5.32 Å². The van der Waals surface area contributed by atoms with Crippen LogP contribution in [0.25, 0.3) is 0 Å². The standard InChI is InChI=1S/C15H20N6O2/c1-5-9(2)12-11(14(23)16-3)7-17-15(19-12)20-13(22)10-6-18-21(4)8-10/h6-9H,5H2,1-4H3,(H,16,23)(H,17,19,20,22). The van der Waals surface area contributed by atoms with E-state index < -0.39 is 0 Å². The van der Waals surface area contributed by atoms with Gasteiger partial charge in [0.05, 0.1) is 23.0 Å². The Morgan fingerprint density at radius 1 is 1.30 bits per heavy atom. The molecule has 0 saturated heterocycles. The summed E-state index contributed by atoms with van der Waals surface area (Å²) in [5, 5.41) is 9.15. The lowest BCUT2D eigenvalue weighted by Gasteiger charge is -2.14. The number of hydrogen-bond donors (Lipinski definition) is 2. The molecule has 0 radical (unpaired) electrons. The Morgan fingerprint density at radius 2 is 2.04 bits per heavy atom. The smallest absolute Gasteiger partial charge is 0.261 e. The average Bonchev–Trinajstić information content (AvgIpc) is 3.00. The molecule has 0 aromatic carbocycles. The Balaban J connectivity index is 2.29. The summed E-state index contributed by atoms with van der Waals surface area (Å²) >= 11 is 0. The first-order chi connectivity index (χ1) is 11.0. The van der Waals surface area contributed by atoms with Crippen LogP contribution in [0, 0.1) is 0 Å². The summed E-state index contributed by atoms with van der Waals surface area (Å²) in [5.41, 5.74) is 1.45. The number of carbonyl (C=O) groups excluding carboxylic acids is 2. The molecule has 2 N–H and O–H groups in total. The molecule has 1 atom stereocenters. The van der Waals surface area contributed by atoms with Crippen molar-refractivity contribution in [3.63, 3.8) is 0 Å². The van der Waals surface area contributed by atoms with Crippen LogP contribution >= 0.6 is 0 Å². The lowest BCUT2D eigenvalue weighted by Crippen LogP contribution is -2.23. The molecule has 8 nitrogen and oxygen atoms in total. The number of anilines is 1. The minimum absolute atomic E-state index is 0.0688. The molecule has 0 aliphatic heterocycles. The third kappa shape index (κ3) is 3.71. The maximum Gasteiger partial charge on any atom is 0.261 e. The number of carbonyl (C=O) groups is 2. The second-order valence-electron chi connectivity index (χ2n) is 5.24. The van der Waals surface area contributed by atoms with E-state index in [9.17, 15) is 9.59 Å². The molecule has 0 spiro atoms. The van der Waals surface area contributed by atoms with Gasteiger partial charge >= 0.3 is 0 Å². The molecule has 2 aromatic heterocycles. The highest BCUT2D eigenvalue weighted by atomic mass is 16.2. The van der Waals surface area contributed by atoms with Gasteiger partial charge in [0, 0.05) is 26.5 Å². The summed E-state index contributed by atoms with van der Waals surface area (Å²) in [6, 6.07) is 0. The third-order valence-corrected chi connectivity index (χ3v) is 3.56. The van der Waals surface area contributed by atoms with E-state index in [2.05, 4.69) is 25.7 Å². The van der Waals surface area contributed by atoms with Gasteiger partial charge in [-0.2, -0.15) is 5.10 Å². The summed E-state index contributed by atoms with van der Waals surface area (Å²) in [6.45, 7) is 3.98. The van der Waals surface area contributed by atoms with E-state index in [1.807, 2.05) is 13.8 Å². The molecule has 0 aliphatic carbocycles. The van der Waals surface area contributed by atoms with Crippen LogP contribution in [0.5, 0.6) is 0 Å². The maximum atomic E-state index is 12.1. The predicted octanol–water partition coefficient (Wildman–Crippen LogP) is 1.34. The Hall–Kier alpha value is -2.77. The van der Waals surface area contributed by atoms with Crippen molar-refractivity contribution in [2.24, 2.45) is 7.05 Å². The van der Waals surface area contributed by atoms with Crippen molar-refractivity contribution in [3.8, 4) is 0 Å². The van der Waals surface area contributed by atoms with Crippen molar-refractivity contribution in [2.75, 3.05) is 12.4 Å². The highest BCUT2D eigenvalue weighted by molar-refractivity contribution is 6.03. The van der Waals surface area contributed by atoms with Crippen molar-refractivity contribution in [1.82, 2.24) is 25.1 Å². The van der Waals surface area contributed by atoms with Gasteiger partial charge in [-0.25, -0.2) is 9.97 Å². The van der Waals surface area contributed by atoms with Crippen LogP contribution in [-0.4, -0.2) is 38.6 Å². The molecule has 23 heavy (non-hydrogen) atoms. The van der Waals surface area contributed by atoms with Crippen molar-refractivity contribution >= 4 is 17.8 Å². The van der Waals surface area contributed by atoms with Gasteiger partial charge in [-0.1, -0.05) is 13.8 Å². The van der Waals surface area contributed by atoms with E-state index in [0.29, 0.717) is 16.8 Å². The lowest BCUT2D eigenvalue weighted by atomic mass is 10.0. The summed E-state index contributed by atoms with van der Waals surface area (Å²) in [6.07, 6.45) is 5.32. The molecule has 0 aliphatic rings. The molecule has 2 heterocycles. The number of rotatable bonds is 5. The summed E-state index contributed by atoms with van der Waals surface area (Å²) in [5.74, 6) is -0.354. The van der Waals surface area contributed by atoms with Gasteiger partial charge in [-0.05, 0) is 12.3 Å². The number of nitrogens with one attached hydrogen (secondary N) is 2. The molecule has 1 unspecified atom stereocenters. The first-order valence-corrected chi connectivity index (χ1v) is 7.35. The number of aromatic nitrogens is 4. The predicted molar refractivity (Wildman–Crippen MR) is 85.3 cm³/mol. The second kappa shape index (κ2) is 6.99. The van der Waals surface area contributed by atoms with E-state index in [1.165, 1.54) is 17.1 Å². The van der Waals surface area contributed by atoms with Crippen LogP contribution in [0.1, 0.15) is 52.6 Å². The number of nitrogens with zero attached hydrogens (tertiary/aromatic N) is 4. The fraction of sp³-hybridized carbons (Fsp3) is 0.400. The van der Waals surface area contributed by atoms with E-state index in [4.69, 9.17) is 0 Å². The van der Waals surface area contributed by atoms with Crippen LogP contribution in [0.4, 0.5) is 5.95 Å². The molecule has 2 amide bonds. The van der Waals surface area contributed by atoms with Gasteiger partial charge in [0.1, 0.15) is 0 Å². The van der Waals surface area contributed by atoms with Crippen molar-refractivity contribution < 1.29 is 9.59 Å². The lowest BCUT2D eigenvalue weighted by molar-refractivity contribution is 0.0960. The zero-order valence-electron chi connectivity index (χ0n) is 13.6. The van der Waals surface area contributed by atoms with Crippen LogP contribution in [0.2, 0.25) is 0 Å². The number of aryl methyl sites for hydroxylation is 1. The van der Waals surface area contributed by atoms with Gasteiger partial charge in [0.2, 0.25) is 5.95 Å². The van der Waals surface area contributed by atoms with Gasteiger partial charge in [0.25, 0.3) is 11.8 Å². The summed E-state index contributed by atoms with van der Waals surface area (Å²) in [4.78, 5) is 32.5. The Morgan fingerprint density at radius 3 is 2.61 bits per heavy atom. The Kier molecular flexibility index (Phi) is 5.05. The first kappa shape index (κ1) is 16.6. The molecule has 122 valence electrons. The SMILES string of the molecule is CCC(C)c1nc(NC(=O)c2cnn(C)c2)ncc1C(=O)NC. The van der Waals surface area contributed by atoms with Crippen LogP contribution in [0.15, 0.2) is 18.6 Å². The third-order valence-electron chi connectivity index (χ3n) is 3.56. The Bertz CT molecular complexity index is 725. The fourth-order valence-electron chi connectivity index (χ4n) is 2.05. The zero-order chi connectivity index (χ0) is 17.0. The molecule has 0 fully saturated rings. The topological polar surface area (TPSA) is 102 Å². The van der Waals surface area contributed by atoms with Crippen LogP contribution in [0.3, 0.4) is 0 Å². The molecule has 0 saturated carbocycles. The highest BCUT2D eigenvalue weighted by Crippen LogP contribution is 2.21. The van der Waals surface area contributed by atoms with Gasteiger partial charge in [0.15, 0.2) is 0 Å². The average molecular weight is 316 g/mol. The number of amides is 2. The van der Waals surface area contributed by atoms with Crippen LogP contribution in [-0.2, 0) is 7.05 Å². The quantitative estimate of drug-likeness (QED) is 0.866. The molecular formula is C15H20N6O2. The minimum atomic E-state index is -0.346. The first-order valence-electron chi connectivity index (χ1n) is 7.35. The largest absolute Gasteiger partial charge is 0.355 e. The molecular weight excluding hydrogens is 296 g/mol. The van der Waals surface area contributed by atoms with Crippen molar-refractivity contribution in [2.45, 2.75) is 26.2 Å². The zero-order valence-corrected chi connectivity index (χ0v) is 13.6. The monoisotopic (exact) mass is 316 g/mol. The number of hydrogen-bond acceptors (Lipinski definition) is 5. The normalized spacial score (nSPS) is 11.8. The fourth-order valence-corrected chi connectivity index (χ4v) is 2.05. The van der Waals surface area contributed by atoms with E-state index >= 15 is 0 Å². The van der Waals surface area contributed by atoms with Gasteiger partial charge in [-0.3, -0.25) is 19.6 Å². The van der Waals surface area contributed by atoms with Crippen LogP contribution < -0.4 is 10.6 Å². The Labute approximate surface area is 134 Å². The molecule has 2 aromatic rings. The molecule has 0 bridgehead atoms. The van der Waals surface area contributed by atoms with E-state index in [-0.39, 0.29) is 23.7 Å². The van der Waals surface area contributed by atoms with Crippen molar-refractivity contribution in [1.29, 1.82) is 0 Å². The highest BCUT2D eigenvalue weighted by Gasteiger charge is 2.19. The van der Waals surface area contributed by atoms with E-state index in [1.54, 1.807) is 20.3 Å². The van der Waals surface area contributed by atoms with Crippen molar-refractivity contribution in [3.05, 3.63) is 35.4 Å². The minimum Gasteiger partial charge on any atom is -0.355 e. The molecule has 2 rings (SSSR count).